The topological polar surface area (TPSA) is 58.9 Å². The van der Waals surface area contributed by atoms with Crippen molar-refractivity contribution in [1.29, 1.82) is 0 Å². The van der Waals surface area contributed by atoms with Crippen molar-refractivity contribution in [3.8, 4) is 0 Å². The number of allylic oxidation sites excluding steroid dienone is 2. The zero-order chi connectivity index (χ0) is 13.1. The summed E-state index contributed by atoms with van der Waals surface area (Å²) in [5.41, 5.74) is 0.198. The first-order chi connectivity index (χ1) is 7.85. The molecule has 0 radical (unpaired) electrons. The molecule has 0 aromatic rings. The smallest absolute Gasteiger partial charge is 0.168 e. The molecule has 0 saturated heterocycles. The molecule has 17 heavy (non-hydrogen) atoms. The summed E-state index contributed by atoms with van der Waals surface area (Å²) in [5.74, 6) is 0.117. The molecule has 0 spiro atoms. The summed E-state index contributed by atoms with van der Waals surface area (Å²) in [6.45, 7) is 6.35. The predicted molar refractivity (Wildman–Crippen MR) is 67.5 cm³/mol. The monoisotopic (exact) mass is 239 g/mol. The SMILES string of the molecule is COC[C@@H](C)N=CC1=C(O)CC(C)(C)CC1=O. The maximum absolute atomic E-state index is 11.9. The maximum Gasteiger partial charge on any atom is 0.168 e. The third kappa shape index (κ3) is 3.97. The van der Waals surface area contributed by atoms with Gasteiger partial charge in [-0.1, -0.05) is 13.8 Å². The summed E-state index contributed by atoms with van der Waals surface area (Å²) < 4.78 is 4.95. The third-order valence-corrected chi connectivity index (χ3v) is 2.76. The second-order valence-corrected chi connectivity index (χ2v) is 5.38. The van der Waals surface area contributed by atoms with Gasteiger partial charge < -0.3 is 9.84 Å². The first kappa shape index (κ1) is 13.9. The van der Waals surface area contributed by atoms with E-state index in [1.54, 1.807) is 7.11 Å². The van der Waals surface area contributed by atoms with Crippen LogP contribution in [-0.4, -0.2) is 36.9 Å². The fourth-order valence-electron chi connectivity index (χ4n) is 1.93. The van der Waals surface area contributed by atoms with Crippen LogP contribution >= 0.6 is 0 Å². The number of rotatable bonds is 4. The molecule has 4 nitrogen and oxygen atoms in total. The van der Waals surface area contributed by atoms with Gasteiger partial charge in [-0.25, -0.2) is 0 Å². The maximum atomic E-state index is 11.9. The molecule has 0 unspecified atom stereocenters. The van der Waals surface area contributed by atoms with Gasteiger partial charge in [0.1, 0.15) is 5.76 Å². The number of aliphatic imine (C=N–C) groups is 1. The van der Waals surface area contributed by atoms with E-state index in [9.17, 15) is 9.90 Å². The van der Waals surface area contributed by atoms with Crippen molar-refractivity contribution in [1.82, 2.24) is 0 Å². The summed E-state index contributed by atoms with van der Waals surface area (Å²) in [4.78, 5) is 16.0. The Morgan fingerprint density at radius 3 is 2.71 bits per heavy atom. The van der Waals surface area contributed by atoms with Crippen molar-refractivity contribution >= 4 is 12.0 Å². The molecule has 0 amide bonds. The molecular weight excluding hydrogens is 218 g/mol. The standard InChI is InChI=1S/C13H21NO3/c1-9(8-17-4)14-7-10-11(15)5-13(2,3)6-12(10)16/h7,9,15H,5-6,8H2,1-4H3/t9-/m1/s1. The predicted octanol–water partition coefficient (Wildman–Crippen LogP) is 2.29. The van der Waals surface area contributed by atoms with Crippen LogP contribution < -0.4 is 0 Å². The number of carbonyl (C=O) groups excluding carboxylic acids is 1. The van der Waals surface area contributed by atoms with Crippen molar-refractivity contribution < 1.29 is 14.6 Å². The Labute approximate surface area is 102 Å². The lowest BCUT2D eigenvalue weighted by Crippen LogP contribution is -2.26. The van der Waals surface area contributed by atoms with E-state index in [1.807, 2.05) is 20.8 Å². The Kier molecular flexibility index (Phi) is 4.46. The van der Waals surface area contributed by atoms with Crippen LogP contribution in [0.1, 0.15) is 33.6 Å². The number of hydrogen-bond donors (Lipinski definition) is 1. The Balaban J connectivity index is 2.80. The molecule has 1 rings (SSSR count). The zero-order valence-corrected chi connectivity index (χ0v) is 11.0. The van der Waals surface area contributed by atoms with Gasteiger partial charge in [-0.2, -0.15) is 0 Å². The van der Waals surface area contributed by atoms with Gasteiger partial charge >= 0.3 is 0 Å². The first-order valence-electron chi connectivity index (χ1n) is 5.83. The van der Waals surface area contributed by atoms with Gasteiger partial charge in [0.2, 0.25) is 0 Å². The average molecular weight is 239 g/mol. The van der Waals surface area contributed by atoms with Crippen molar-refractivity contribution in [2.24, 2.45) is 10.4 Å². The van der Waals surface area contributed by atoms with Gasteiger partial charge in [-0.3, -0.25) is 9.79 Å². The van der Waals surface area contributed by atoms with Crippen molar-refractivity contribution in [2.75, 3.05) is 13.7 Å². The van der Waals surface area contributed by atoms with Gasteiger partial charge in [0.25, 0.3) is 0 Å². The van der Waals surface area contributed by atoms with Gasteiger partial charge in [0.15, 0.2) is 5.78 Å². The number of ketones is 1. The lowest BCUT2D eigenvalue weighted by atomic mass is 9.77. The zero-order valence-electron chi connectivity index (χ0n) is 11.0. The van der Waals surface area contributed by atoms with Crippen LogP contribution in [-0.2, 0) is 9.53 Å². The molecule has 1 atom stereocenters. The fourth-order valence-corrected chi connectivity index (χ4v) is 1.93. The first-order valence-corrected chi connectivity index (χ1v) is 5.83. The van der Waals surface area contributed by atoms with Crippen LogP contribution in [0.15, 0.2) is 16.3 Å². The Bertz CT molecular complexity index is 356. The molecule has 1 N–H and O–H groups in total. The van der Waals surface area contributed by atoms with E-state index in [-0.39, 0.29) is 23.0 Å². The number of carbonyl (C=O) groups is 1. The highest BCUT2D eigenvalue weighted by molar-refractivity contribution is 6.14. The van der Waals surface area contributed by atoms with Crippen LogP contribution in [0.5, 0.6) is 0 Å². The molecule has 0 saturated carbocycles. The van der Waals surface area contributed by atoms with Crippen molar-refractivity contribution in [3.63, 3.8) is 0 Å². The minimum Gasteiger partial charge on any atom is -0.511 e. The summed E-state index contributed by atoms with van der Waals surface area (Å²) in [6.07, 6.45) is 2.46. The van der Waals surface area contributed by atoms with E-state index < -0.39 is 0 Å². The average Bonchev–Trinajstić information content (AvgIpc) is 2.14. The molecular formula is C13H21NO3. The van der Waals surface area contributed by atoms with Gasteiger partial charge in [0, 0.05) is 26.2 Å². The van der Waals surface area contributed by atoms with E-state index in [2.05, 4.69) is 4.99 Å². The van der Waals surface area contributed by atoms with E-state index in [0.717, 1.165) is 0 Å². The molecule has 96 valence electrons. The largest absolute Gasteiger partial charge is 0.511 e. The second-order valence-electron chi connectivity index (χ2n) is 5.38. The Hall–Kier alpha value is -1.16. The molecule has 0 aromatic heterocycles. The Morgan fingerprint density at radius 1 is 1.53 bits per heavy atom. The molecule has 0 aliphatic heterocycles. The summed E-state index contributed by atoms with van der Waals surface area (Å²) in [7, 11) is 1.61. The Morgan fingerprint density at radius 2 is 2.18 bits per heavy atom. The van der Waals surface area contributed by atoms with Crippen LogP contribution in [0.25, 0.3) is 0 Å². The molecule has 0 fully saturated rings. The molecule has 1 aliphatic carbocycles. The normalized spacial score (nSPS) is 22.2. The van der Waals surface area contributed by atoms with Crippen molar-refractivity contribution in [2.45, 2.75) is 39.7 Å². The minimum atomic E-state index is -0.156. The van der Waals surface area contributed by atoms with E-state index in [4.69, 9.17) is 4.74 Å². The van der Waals surface area contributed by atoms with Crippen LogP contribution in [0.3, 0.4) is 0 Å². The summed E-state index contributed by atoms with van der Waals surface area (Å²) >= 11 is 0. The highest BCUT2D eigenvalue weighted by Gasteiger charge is 2.32. The molecule has 0 aromatic carbocycles. The number of aliphatic hydroxyl groups is 1. The van der Waals surface area contributed by atoms with E-state index in [0.29, 0.717) is 25.0 Å². The lowest BCUT2D eigenvalue weighted by Gasteiger charge is -2.28. The summed E-state index contributed by atoms with van der Waals surface area (Å²) in [6, 6.07) is -0.0111. The van der Waals surface area contributed by atoms with Crippen molar-refractivity contribution in [3.05, 3.63) is 11.3 Å². The quantitative estimate of drug-likeness (QED) is 0.766. The third-order valence-electron chi connectivity index (χ3n) is 2.76. The van der Waals surface area contributed by atoms with Crippen LogP contribution in [0, 0.1) is 5.41 Å². The molecule has 0 bridgehead atoms. The number of nitrogens with zero attached hydrogens (tertiary/aromatic N) is 1. The highest BCUT2D eigenvalue weighted by Crippen LogP contribution is 2.35. The number of hydrogen-bond acceptors (Lipinski definition) is 4. The highest BCUT2D eigenvalue weighted by atomic mass is 16.5. The van der Waals surface area contributed by atoms with Crippen LogP contribution in [0.4, 0.5) is 0 Å². The molecule has 4 heteroatoms. The molecule has 1 aliphatic rings. The van der Waals surface area contributed by atoms with Gasteiger partial charge in [0.05, 0.1) is 18.2 Å². The van der Waals surface area contributed by atoms with Gasteiger partial charge in [-0.05, 0) is 12.3 Å². The molecule has 0 heterocycles. The fraction of sp³-hybridized carbons (Fsp3) is 0.692. The summed E-state index contributed by atoms with van der Waals surface area (Å²) in [5, 5.41) is 9.85. The van der Waals surface area contributed by atoms with E-state index >= 15 is 0 Å². The number of Topliss-reactive ketones (excluding diaryl/α,β-unsaturated/α-hetero) is 1. The lowest BCUT2D eigenvalue weighted by molar-refractivity contribution is -0.117. The minimum absolute atomic E-state index is 0.0111. The number of methoxy groups -OCH3 is 1. The second kappa shape index (κ2) is 5.45. The number of ether oxygens (including phenoxy) is 1. The van der Waals surface area contributed by atoms with Crippen LogP contribution in [0.2, 0.25) is 0 Å². The number of aliphatic hydroxyl groups excluding tert-OH is 1. The van der Waals surface area contributed by atoms with E-state index in [1.165, 1.54) is 6.21 Å². The van der Waals surface area contributed by atoms with Gasteiger partial charge in [-0.15, -0.1) is 0 Å².